The van der Waals surface area contributed by atoms with Crippen LogP contribution in [-0.2, 0) is 6.54 Å². The van der Waals surface area contributed by atoms with Crippen LogP contribution < -0.4 is 5.32 Å². The second kappa shape index (κ2) is 9.06. The molecule has 1 aliphatic heterocycles. The average molecular weight is 336 g/mol. The molecular formula is C18H26ClN3O. The maximum atomic E-state index is 5.67. The van der Waals surface area contributed by atoms with Gasteiger partial charge < -0.3 is 9.73 Å². The number of oxazole rings is 1. The van der Waals surface area contributed by atoms with Crippen LogP contribution in [0.25, 0.3) is 11.5 Å². The Morgan fingerprint density at radius 1 is 1.22 bits per heavy atom. The number of benzene rings is 1. The van der Waals surface area contributed by atoms with E-state index in [1.807, 2.05) is 36.6 Å². The molecule has 0 saturated carbocycles. The van der Waals surface area contributed by atoms with Crippen molar-refractivity contribution in [1.29, 1.82) is 0 Å². The second-order valence-electron chi connectivity index (χ2n) is 5.96. The fourth-order valence-electron chi connectivity index (χ4n) is 3.15. The number of hydrogen-bond acceptors (Lipinski definition) is 4. The van der Waals surface area contributed by atoms with E-state index in [4.69, 9.17) is 4.42 Å². The summed E-state index contributed by atoms with van der Waals surface area (Å²) < 4.78 is 5.67. The number of hydrogen-bond donors (Lipinski definition) is 1. The predicted octanol–water partition coefficient (Wildman–Crippen LogP) is 3.73. The van der Waals surface area contributed by atoms with Crippen LogP contribution in [0, 0.1) is 0 Å². The molecule has 23 heavy (non-hydrogen) atoms. The van der Waals surface area contributed by atoms with Gasteiger partial charge in [-0.2, -0.15) is 0 Å². The van der Waals surface area contributed by atoms with Crippen molar-refractivity contribution in [1.82, 2.24) is 15.2 Å². The number of rotatable bonds is 6. The smallest absolute Gasteiger partial charge is 0.226 e. The van der Waals surface area contributed by atoms with Crippen molar-refractivity contribution < 1.29 is 4.42 Å². The Morgan fingerprint density at radius 2 is 1.96 bits per heavy atom. The Bertz CT molecular complexity index is 567. The van der Waals surface area contributed by atoms with Crippen molar-refractivity contribution in [3.63, 3.8) is 0 Å². The van der Waals surface area contributed by atoms with E-state index in [9.17, 15) is 0 Å². The fourth-order valence-corrected chi connectivity index (χ4v) is 3.15. The van der Waals surface area contributed by atoms with Gasteiger partial charge in [0.25, 0.3) is 0 Å². The van der Waals surface area contributed by atoms with E-state index in [1.165, 1.54) is 19.3 Å². The van der Waals surface area contributed by atoms with Gasteiger partial charge >= 0.3 is 0 Å². The van der Waals surface area contributed by atoms with Crippen molar-refractivity contribution in [2.45, 2.75) is 38.8 Å². The Morgan fingerprint density at radius 3 is 2.65 bits per heavy atom. The lowest BCUT2D eigenvalue weighted by atomic mass is 10.0. The molecule has 3 rings (SSSR count). The van der Waals surface area contributed by atoms with E-state index in [0.717, 1.165) is 43.3 Å². The van der Waals surface area contributed by atoms with E-state index in [0.29, 0.717) is 6.04 Å². The molecule has 0 unspecified atom stereocenters. The zero-order chi connectivity index (χ0) is 15.2. The highest BCUT2D eigenvalue weighted by Crippen LogP contribution is 2.20. The van der Waals surface area contributed by atoms with Gasteiger partial charge in [-0.1, -0.05) is 25.1 Å². The number of nitrogens with one attached hydrogen (secondary N) is 1. The molecule has 2 heterocycles. The standard InChI is InChI=1S/C18H25N3O.ClH/c1-2-12-21(17-8-10-19-11-9-17)13-16-14-22-18(20-16)15-6-4-3-5-7-15;/h3-7,14,17,19H,2,8-13H2,1H3;1H. The summed E-state index contributed by atoms with van der Waals surface area (Å²) in [5, 5.41) is 3.44. The molecule has 0 aliphatic carbocycles. The van der Waals surface area contributed by atoms with Crippen molar-refractivity contribution in [2.24, 2.45) is 0 Å². The van der Waals surface area contributed by atoms with E-state index < -0.39 is 0 Å². The summed E-state index contributed by atoms with van der Waals surface area (Å²) in [5.74, 6) is 0.720. The topological polar surface area (TPSA) is 41.3 Å². The third kappa shape index (κ3) is 4.80. The van der Waals surface area contributed by atoms with Gasteiger partial charge in [-0.15, -0.1) is 12.4 Å². The Labute approximate surface area is 144 Å². The van der Waals surface area contributed by atoms with Crippen LogP contribution in [0.2, 0.25) is 0 Å². The molecule has 1 saturated heterocycles. The second-order valence-corrected chi connectivity index (χ2v) is 5.96. The van der Waals surface area contributed by atoms with Gasteiger partial charge in [0, 0.05) is 18.2 Å². The Hall–Kier alpha value is -1.36. The van der Waals surface area contributed by atoms with Gasteiger partial charge in [-0.3, -0.25) is 4.90 Å². The van der Waals surface area contributed by atoms with E-state index in [-0.39, 0.29) is 12.4 Å². The van der Waals surface area contributed by atoms with Crippen LogP contribution in [0.15, 0.2) is 41.0 Å². The zero-order valence-electron chi connectivity index (χ0n) is 13.7. The molecule has 4 nitrogen and oxygen atoms in total. The summed E-state index contributed by atoms with van der Waals surface area (Å²) in [5.41, 5.74) is 2.07. The summed E-state index contributed by atoms with van der Waals surface area (Å²) >= 11 is 0. The third-order valence-corrected chi connectivity index (χ3v) is 4.27. The normalized spacial score (nSPS) is 15.6. The molecule has 0 amide bonds. The first-order valence-corrected chi connectivity index (χ1v) is 8.31. The number of nitrogens with zero attached hydrogens (tertiary/aromatic N) is 2. The molecular weight excluding hydrogens is 310 g/mol. The average Bonchev–Trinajstić information content (AvgIpc) is 3.05. The molecule has 0 bridgehead atoms. The van der Waals surface area contributed by atoms with Gasteiger partial charge in [0.1, 0.15) is 6.26 Å². The highest BCUT2D eigenvalue weighted by molar-refractivity contribution is 5.85. The van der Waals surface area contributed by atoms with Crippen LogP contribution in [0.3, 0.4) is 0 Å². The minimum Gasteiger partial charge on any atom is -0.444 e. The summed E-state index contributed by atoms with van der Waals surface area (Å²) in [6.07, 6.45) is 5.44. The molecule has 0 atom stereocenters. The van der Waals surface area contributed by atoms with Crippen LogP contribution in [0.5, 0.6) is 0 Å². The number of piperidine rings is 1. The molecule has 0 spiro atoms. The van der Waals surface area contributed by atoms with E-state index in [2.05, 4.69) is 22.1 Å². The van der Waals surface area contributed by atoms with Crippen LogP contribution in [-0.4, -0.2) is 35.6 Å². The first kappa shape index (κ1) is 18.0. The molecule has 1 fully saturated rings. The lowest BCUT2D eigenvalue weighted by Gasteiger charge is -2.33. The van der Waals surface area contributed by atoms with Crippen LogP contribution in [0.4, 0.5) is 0 Å². The number of halogens is 1. The Kier molecular flexibility index (Phi) is 7.09. The van der Waals surface area contributed by atoms with Crippen molar-refractivity contribution in [2.75, 3.05) is 19.6 Å². The fraction of sp³-hybridized carbons (Fsp3) is 0.500. The maximum absolute atomic E-state index is 5.67. The molecule has 126 valence electrons. The highest BCUT2D eigenvalue weighted by atomic mass is 35.5. The SMILES string of the molecule is CCCN(Cc1coc(-c2ccccc2)n1)C1CCNCC1.Cl. The molecule has 5 heteroatoms. The first-order chi connectivity index (χ1) is 10.9. The van der Waals surface area contributed by atoms with E-state index >= 15 is 0 Å². The lowest BCUT2D eigenvalue weighted by Crippen LogP contribution is -2.43. The molecule has 0 radical (unpaired) electrons. The Balaban J connectivity index is 0.00000192. The molecule has 1 aromatic heterocycles. The van der Waals surface area contributed by atoms with Gasteiger partial charge in [-0.25, -0.2) is 4.98 Å². The van der Waals surface area contributed by atoms with Crippen LogP contribution >= 0.6 is 12.4 Å². The largest absolute Gasteiger partial charge is 0.444 e. The van der Waals surface area contributed by atoms with Gasteiger partial charge in [0.05, 0.1) is 5.69 Å². The summed E-state index contributed by atoms with van der Waals surface area (Å²) in [7, 11) is 0. The van der Waals surface area contributed by atoms with Gasteiger partial charge in [-0.05, 0) is 51.0 Å². The van der Waals surface area contributed by atoms with Crippen molar-refractivity contribution >= 4 is 12.4 Å². The quantitative estimate of drug-likeness (QED) is 0.873. The zero-order valence-corrected chi connectivity index (χ0v) is 14.5. The summed E-state index contributed by atoms with van der Waals surface area (Å²) in [6.45, 7) is 6.50. The molecule has 2 aromatic rings. The minimum atomic E-state index is 0. The minimum absolute atomic E-state index is 0. The van der Waals surface area contributed by atoms with Crippen molar-refractivity contribution in [3.8, 4) is 11.5 Å². The predicted molar refractivity (Wildman–Crippen MR) is 95.8 cm³/mol. The van der Waals surface area contributed by atoms with E-state index in [1.54, 1.807) is 0 Å². The molecule has 1 aromatic carbocycles. The monoisotopic (exact) mass is 335 g/mol. The van der Waals surface area contributed by atoms with Crippen LogP contribution in [0.1, 0.15) is 31.9 Å². The maximum Gasteiger partial charge on any atom is 0.226 e. The lowest BCUT2D eigenvalue weighted by molar-refractivity contribution is 0.152. The first-order valence-electron chi connectivity index (χ1n) is 8.31. The number of aromatic nitrogens is 1. The van der Waals surface area contributed by atoms with Crippen molar-refractivity contribution in [3.05, 3.63) is 42.3 Å². The van der Waals surface area contributed by atoms with Gasteiger partial charge in [0.2, 0.25) is 5.89 Å². The highest BCUT2D eigenvalue weighted by Gasteiger charge is 2.21. The molecule has 1 N–H and O–H groups in total. The molecule has 1 aliphatic rings. The summed E-state index contributed by atoms with van der Waals surface area (Å²) in [4.78, 5) is 7.24. The third-order valence-electron chi connectivity index (χ3n) is 4.27. The summed E-state index contributed by atoms with van der Waals surface area (Å²) in [6, 6.07) is 10.8. The van der Waals surface area contributed by atoms with Gasteiger partial charge in [0.15, 0.2) is 0 Å².